The minimum absolute atomic E-state index is 0. The largest absolute Gasteiger partial charge is 0.305 e. The molecular formula is C13H26Br2N2. The molecular weight excluding hydrogens is 344 g/mol. The maximum atomic E-state index is 2.21. The quantitative estimate of drug-likeness (QED) is 0.799. The second-order valence-electron chi connectivity index (χ2n) is 4.29. The number of hydrogen-bond donors (Lipinski definition) is 0. The summed E-state index contributed by atoms with van der Waals surface area (Å²) in [5.74, 6) is 0. The summed E-state index contributed by atoms with van der Waals surface area (Å²) in [6, 6.07) is 8.83. The minimum Gasteiger partial charge on any atom is -0.305 e. The number of halogens is 2. The van der Waals surface area contributed by atoms with Crippen LogP contribution in [0.2, 0.25) is 0 Å². The lowest BCUT2D eigenvalue weighted by Crippen LogP contribution is -2.12. The van der Waals surface area contributed by atoms with Gasteiger partial charge in [-0.2, -0.15) is 0 Å². The normalized spacial score (nSPS) is 9.29. The molecule has 0 atom stereocenters. The highest BCUT2D eigenvalue weighted by atomic mass is 79.9. The maximum Gasteiger partial charge on any atom is 0.0227 e. The standard InChI is InChI=1S/C12H20N2.CH4.2BrH/c1-13(2)9-11-5-7-12(8-6-11)10-14(3)4;;;/h5-8H,9-10H2,1-4H3;1H4;2*1H. The zero-order valence-electron chi connectivity index (χ0n) is 10.4. The molecule has 4 heteroatoms. The maximum absolute atomic E-state index is 2.21. The van der Waals surface area contributed by atoms with Crippen LogP contribution in [0.3, 0.4) is 0 Å². The van der Waals surface area contributed by atoms with Gasteiger partial charge in [-0.25, -0.2) is 0 Å². The van der Waals surface area contributed by atoms with Gasteiger partial charge in [0.05, 0.1) is 0 Å². The van der Waals surface area contributed by atoms with Crippen LogP contribution in [0.25, 0.3) is 0 Å². The van der Waals surface area contributed by atoms with Crippen molar-refractivity contribution in [2.75, 3.05) is 28.2 Å². The topological polar surface area (TPSA) is 6.48 Å². The predicted octanol–water partition coefficient (Wildman–Crippen LogP) is 3.60. The van der Waals surface area contributed by atoms with E-state index in [1.54, 1.807) is 0 Å². The molecule has 0 N–H and O–H groups in total. The summed E-state index contributed by atoms with van der Waals surface area (Å²) in [7, 11) is 8.36. The van der Waals surface area contributed by atoms with E-state index in [2.05, 4.69) is 62.3 Å². The monoisotopic (exact) mass is 368 g/mol. The Morgan fingerprint density at radius 2 is 0.941 bits per heavy atom. The smallest absolute Gasteiger partial charge is 0.0227 e. The first kappa shape index (κ1) is 22.3. The predicted molar refractivity (Wildman–Crippen MR) is 88.6 cm³/mol. The summed E-state index contributed by atoms with van der Waals surface area (Å²) in [5.41, 5.74) is 2.75. The summed E-state index contributed by atoms with van der Waals surface area (Å²) in [4.78, 5) is 4.36. The van der Waals surface area contributed by atoms with Gasteiger partial charge < -0.3 is 9.80 Å². The SMILES string of the molecule is Br.Br.C.CN(C)Cc1ccc(CN(C)C)cc1. The Morgan fingerprint density at radius 1 is 0.706 bits per heavy atom. The van der Waals surface area contributed by atoms with Gasteiger partial charge in [0, 0.05) is 13.1 Å². The molecule has 0 saturated carbocycles. The molecule has 17 heavy (non-hydrogen) atoms. The first-order valence-electron chi connectivity index (χ1n) is 4.95. The molecule has 0 aliphatic carbocycles. The first-order chi connectivity index (χ1) is 6.58. The van der Waals surface area contributed by atoms with Crippen molar-refractivity contribution in [3.63, 3.8) is 0 Å². The van der Waals surface area contributed by atoms with E-state index in [0.717, 1.165) is 13.1 Å². The van der Waals surface area contributed by atoms with Gasteiger partial charge in [-0.1, -0.05) is 31.7 Å². The van der Waals surface area contributed by atoms with Gasteiger partial charge in [0.1, 0.15) is 0 Å². The highest BCUT2D eigenvalue weighted by molar-refractivity contribution is 8.93. The van der Waals surface area contributed by atoms with Gasteiger partial charge in [0.2, 0.25) is 0 Å². The molecule has 102 valence electrons. The Balaban J connectivity index is -0.000000653. The molecule has 0 aliphatic heterocycles. The van der Waals surface area contributed by atoms with Crippen molar-refractivity contribution in [2.45, 2.75) is 20.5 Å². The van der Waals surface area contributed by atoms with Gasteiger partial charge in [-0.3, -0.25) is 0 Å². The molecule has 0 aromatic heterocycles. The molecule has 0 heterocycles. The molecule has 1 rings (SSSR count). The van der Waals surface area contributed by atoms with Crippen LogP contribution in [0.5, 0.6) is 0 Å². The van der Waals surface area contributed by atoms with Gasteiger partial charge in [0.25, 0.3) is 0 Å². The lowest BCUT2D eigenvalue weighted by molar-refractivity contribution is 0.398. The molecule has 2 nitrogen and oxygen atoms in total. The highest BCUT2D eigenvalue weighted by Crippen LogP contribution is 2.07. The zero-order chi connectivity index (χ0) is 10.6. The Kier molecular flexibility index (Phi) is 14.7. The summed E-state index contributed by atoms with van der Waals surface area (Å²) < 4.78 is 0. The number of nitrogens with zero attached hydrogens (tertiary/aromatic N) is 2. The van der Waals surface area contributed by atoms with Crippen LogP contribution in [0, 0.1) is 0 Å². The summed E-state index contributed by atoms with van der Waals surface area (Å²) in [6.07, 6.45) is 0. The third kappa shape index (κ3) is 9.77. The molecule has 0 bridgehead atoms. The Hall–Kier alpha value is 0.1000. The minimum atomic E-state index is 0. The lowest BCUT2D eigenvalue weighted by atomic mass is 10.1. The highest BCUT2D eigenvalue weighted by Gasteiger charge is 1.97. The van der Waals surface area contributed by atoms with Gasteiger partial charge in [-0.15, -0.1) is 34.0 Å². The van der Waals surface area contributed by atoms with Crippen molar-refractivity contribution in [2.24, 2.45) is 0 Å². The van der Waals surface area contributed by atoms with E-state index in [9.17, 15) is 0 Å². The average Bonchev–Trinajstić information content (AvgIpc) is 2.06. The fourth-order valence-electron chi connectivity index (χ4n) is 1.48. The Bertz CT molecular complexity index is 242. The summed E-state index contributed by atoms with van der Waals surface area (Å²) in [6.45, 7) is 2.03. The number of hydrogen-bond acceptors (Lipinski definition) is 2. The zero-order valence-corrected chi connectivity index (χ0v) is 13.9. The number of rotatable bonds is 4. The molecule has 0 radical (unpaired) electrons. The van der Waals surface area contributed by atoms with Crippen LogP contribution < -0.4 is 0 Å². The Labute approximate surface area is 128 Å². The molecule has 1 aromatic carbocycles. The molecule has 0 unspecified atom stereocenters. The van der Waals surface area contributed by atoms with Crippen LogP contribution in [0.15, 0.2) is 24.3 Å². The Morgan fingerprint density at radius 3 is 1.12 bits per heavy atom. The van der Waals surface area contributed by atoms with Crippen molar-refractivity contribution in [1.82, 2.24) is 9.80 Å². The van der Waals surface area contributed by atoms with E-state index in [0.29, 0.717) is 0 Å². The van der Waals surface area contributed by atoms with Gasteiger partial charge in [0.15, 0.2) is 0 Å². The third-order valence-corrected chi connectivity index (χ3v) is 2.02. The fraction of sp³-hybridized carbons (Fsp3) is 0.538. The van der Waals surface area contributed by atoms with Crippen molar-refractivity contribution < 1.29 is 0 Å². The van der Waals surface area contributed by atoms with Gasteiger partial charge in [-0.05, 0) is 39.3 Å². The van der Waals surface area contributed by atoms with Crippen LogP contribution >= 0.6 is 34.0 Å². The summed E-state index contributed by atoms with van der Waals surface area (Å²) >= 11 is 0. The first-order valence-corrected chi connectivity index (χ1v) is 4.95. The molecule has 0 saturated heterocycles. The van der Waals surface area contributed by atoms with E-state index in [1.165, 1.54) is 11.1 Å². The molecule has 0 aliphatic rings. The lowest BCUT2D eigenvalue weighted by Gasteiger charge is -2.12. The van der Waals surface area contributed by atoms with Crippen molar-refractivity contribution >= 4 is 34.0 Å². The molecule has 0 spiro atoms. The summed E-state index contributed by atoms with van der Waals surface area (Å²) in [5, 5.41) is 0. The second kappa shape index (κ2) is 11.2. The van der Waals surface area contributed by atoms with Crippen molar-refractivity contribution in [3.8, 4) is 0 Å². The molecule has 0 fully saturated rings. The second-order valence-corrected chi connectivity index (χ2v) is 4.29. The average molecular weight is 370 g/mol. The van der Waals surface area contributed by atoms with Gasteiger partial charge >= 0.3 is 0 Å². The number of benzene rings is 1. The van der Waals surface area contributed by atoms with Crippen LogP contribution in [0.1, 0.15) is 18.6 Å². The van der Waals surface area contributed by atoms with Crippen molar-refractivity contribution in [1.29, 1.82) is 0 Å². The fourth-order valence-corrected chi connectivity index (χ4v) is 1.48. The third-order valence-electron chi connectivity index (χ3n) is 2.02. The van der Waals surface area contributed by atoms with E-state index >= 15 is 0 Å². The van der Waals surface area contributed by atoms with E-state index in [1.807, 2.05) is 0 Å². The van der Waals surface area contributed by atoms with Crippen molar-refractivity contribution in [3.05, 3.63) is 35.4 Å². The van der Waals surface area contributed by atoms with E-state index < -0.39 is 0 Å². The van der Waals surface area contributed by atoms with Crippen LogP contribution in [-0.4, -0.2) is 38.0 Å². The van der Waals surface area contributed by atoms with Crippen LogP contribution in [0.4, 0.5) is 0 Å². The molecule has 0 amide bonds. The van der Waals surface area contributed by atoms with E-state index in [-0.39, 0.29) is 41.4 Å². The van der Waals surface area contributed by atoms with E-state index in [4.69, 9.17) is 0 Å². The van der Waals surface area contributed by atoms with Crippen LogP contribution in [-0.2, 0) is 13.1 Å². The molecule has 1 aromatic rings.